The van der Waals surface area contributed by atoms with Gasteiger partial charge in [-0.15, -0.1) is 0 Å². The predicted octanol–water partition coefficient (Wildman–Crippen LogP) is 1.83. The van der Waals surface area contributed by atoms with Crippen molar-refractivity contribution in [2.24, 2.45) is 0 Å². The standard InChI is InChI=1S/2C10H9NO6S2/c11-9-4-2-6-1-3-7(18(12,13)14)5-8(6)10(9)19(15,16)17;11-9-4-6-1-2-8(18(12,13)14)3-7(6)5-10(9)19(15,16)17/h2*1-5H,11H2,(H,12,13,14)(H,15,16,17). The van der Waals surface area contributed by atoms with Gasteiger partial charge in [0.25, 0.3) is 40.5 Å². The van der Waals surface area contributed by atoms with E-state index in [0.29, 0.717) is 10.8 Å². The third kappa shape index (κ3) is 6.37. The van der Waals surface area contributed by atoms with Crippen LogP contribution in [-0.4, -0.2) is 51.9 Å². The van der Waals surface area contributed by atoms with Crippen molar-refractivity contribution in [3.8, 4) is 0 Å². The molecule has 4 aromatic carbocycles. The van der Waals surface area contributed by atoms with E-state index < -0.39 is 55.2 Å². The Labute approximate surface area is 216 Å². The van der Waals surface area contributed by atoms with Crippen molar-refractivity contribution in [3.05, 3.63) is 60.7 Å². The highest BCUT2D eigenvalue weighted by molar-refractivity contribution is 7.86. The van der Waals surface area contributed by atoms with E-state index in [-0.39, 0.29) is 27.0 Å². The molecule has 0 heterocycles. The Morgan fingerprint density at radius 1 is 0.474 bits per heavy atom. The fourth-order valence-corrected chi connectivity index (χ4v) is 5.87. The van der Waals surface area contributed by atoms with Crippen LogP contribution in [0.1, 0.15) is 0 Å². The average Bonchev–Trinajstić information content (AvgIpc) is 2.75. The molecule has 0 bridgehead atoms. The summed E-state index contributed by atoms with van der Waals surface area (Å²) in [7, 11) is -18.0. The van der Waals surface area contributed by atoms with Gasteiger partial charge in [0.2, 0.25) is 0 Å². The molecule has 0 unspecified atom stereocenters. The third-order valence-corrected chi connectivity index (χ3v) is 8.63. The minimum atomic E-state index is -4.62. The lowest BCUT2D eigenvalue weighted by atomic mass is 10.1. The number of hydrogen-bond donors (Lipinski definition) is 6. The third-order valence-electron chi connectivity index (χ3n) is 5.05. The maximum absolute atomic E-state index is 11.3. The second-order valence-electron chi connectivity index (χ2n) is 7.67. The van der Waals surface area contributed by atoms with Crippen LogP contribution in [0.25, 0.3) is 21.5 Å². The molecule has 4 rings (SSSR count). The molecule has 0 aromatic heterocycles. The van der Waals surface area contributed by atoms with Crippen LogP contribution in [0.15, 0.2) is 80.2 Å². The largest absolute Gasteiger partial charge is 0.398 e. The molecule has 0 saturated heterocycles. The number of nitrogen functional groups attached to an aromatic ring is 2. The molecule has 204 valence electrons. The maximum Gasteiger partial charge on any atom is 0.297 e. The fourth-order valence-electron chi connectivity index (χ4n) is 3.39. The molecule has 38 heavy (non-hydrogen) atoms. The highest BCUT2D eigenvalue weighted by Gasteiger charge is 2.20. The Hall–Kier alpha value is -3.36. The van der Waals surface area contributed by atoms with Crippen molar-refractivity contribution in [1.82, 2.24) is 0 Å². The summed E-state index contributed by atoms with van der Waals surface area (Å²) >= 11 is 0. The number of hydrogen-bond acceptors (Lipinski definition) is 10. The first-order chi connectivity index (χ1) is 17.2. The number of rotatable bonds is 4. The average molecular weight is 607 g/mol. The van der Waals surface area contributed by atoms with Gasteiger partial charge in [-0.3, -0.25) is 18.2 Å². The van der Waals surface area contributed by atoms with E-state index in [1.165, 1.54) is 30.3 Å². The van der Waals surface area contributed by atoms with E-state index in [2.05, 4.69) is 0 Å². The van der Waals surface area contributed by atoms with Crippen LogP contribution >= 0.6 is 0 Å². The normalized spacial score (nSPS) is 12.7. The van der Waals surface area contributed by atoms with Crippen LogP contribution in [0.3, 0.4) is 0 Å². The summed E-state index contributed by atoms with van der Waals surface area (Å²) < 4.78 is 125. The summed E-state index contributed by atoms with van der Waals surface area (Å²) in [6.07, 6.45) is 0. The van der Waals surface area contributed by atoms with Gasteiger partial charge in [-0.1, -0.05) is 18.2 Å². The van der Waals surface area contributed by atoms with Crippen molar-refractivity contribution in [1.29, 1.82) is 0 Å². The summed E-state index contributed by atoms with van der Waals surface area (Å²) in [5.41, 5.74) is 10.6. The Morgan fingerprint density at radius 2 is 0.974 bits per heavy atom. The van der Waals surface area contributed by atoms with Crippen LogP contribution in [0.4, 0.5) is 11.4 Å². The summed E-state index contributed by atoms with van der Waals surface area (Å²) in [6, 6.07) is 12.0. The minimum Gasteiger partial charge on any atom is -0.398 e. The van der Waals surface area contributed by atoms with Crippen molar-refractivity contribution in [2.45, 2.75) is 19.6 Å². The van der Waals surface area contributed by atoms with Gasteiger partial charge in [0.15, 0.2) is 0 Å². The lowest BCUT2D eigenvalue weighted by Crippen LogP contribution is -2.05. The molecule has 0 amide bonds. The van der Waals surface area contributed by atoms with E-state index in [0.717, 1.165) is 30.3 Å². The van der Waals surface area contributed by atoms with Gasteiger partial charge >= 0.3 is 0 Å². The molecule has 4 aromatic rings. The number of benzene rings is 4. The zero-order chi connectivity index (χ0) is 28.8. The fraction of sp³-hybridized carbons (Fsp3) is 0. The smallest absolute Gasteiger partial charge is 0.297 e. The molecule has 18 heteroatoms. The van der Waals surface area contributed by atoms with Crippen LogP contribution in [0, 0.1) is 0 Å². The predicted molar refractivity (Wildman–Crippen MR) is 136 cm³/mol. The molecular formula is C20H18N2O12S4. The second kappa shape index (κ2) is 9.75. The van der Waals surface area contributed by atoms with Gasteiger partial charge in [0.05, 0.1) is 21.2 Å². The monoisotopic (exact) mass is 606 g/mol. The van der Waals surface area contributed by atoms with Crippen LogP contribution in [0.2, 0.25) is 0 Å². The van der Waals surface area contributed by atoms with E-state index >= 15 is 0 Å². The Morgan fingerprint density at radius 3 is 1.47 bits per heavy atom. The number of anilines is 2. The topological polar surface area (TPSA) is 270 Å². The molecule has 0 fully saturated rings. The highest BCUT2D eigenvalue weighted by Crippen LogP contribution is 2.30. The Bertz CT molecular complexity index is 2040. The first kappa shape index (κ1) is 29.2. The van der Waals surface area contributed by atoms with Gasteiger partial charge in [-0.2, -0.15) is 33.7 Å². The van der Waals surface area contributed by atoms with Crippen molar-refractivity contribution in [3.63, 3.8) is 0 Å². The highest BCUT2D eigenvalue weighted by atomic mass is 32.2. The van der Waals surface area contributed by atoms with Gasteiger partial charge in [-0.05, 0) is 58.6 Å². The molecule has 0 aliphatic carbocycles. The van der Waals surface area contributed by atoms with E-state index in [4.69, 9.17) is 29.7 Å². The molecule has 14 nitrogen and oxygen atoms in total. The van der Waals surface area contributed by atoms with Crippen LogP contribution in [-0.2, 0) is 40.5 Å². The first-order valence-corrected chi connectivity index (χ1v) is 15.5. The van der Waals surface area contributed by atoms with Gasteiger partial charge in [-0.25, -0.2) is 0 Å². The first-order valence-electron chi connectivity index (χ1n) is 9.75. The van der Waals surface area contributed by atoms with Crippen molar-refractivity contribution in [2.75, 3.05) is 11.5 Å². The molecule has 8 N–H and O–H groups in total. The molecule has 0 atom stereocenters. The van der Waals surface area contributed by atoms with Gasteiger partial charge in [0.1, 0.15) is 9.79 Å². The van der Waals surface area contributed by atoms with Crippen molar-refractivity contribution >= 4 is 73.4 Å². The summed E-state index contributed by atoms with van der Waals surface area (Å²) in [6.45, 7) is 0. The lowest BCUT2D eigenvalue weighted by Gasteiger charge is -2.08. The van der Waals surface area contributed by atoms with Crippen molar-refractivity contribution < 1.29 is 51.9 Å². The quantitative estimate of drug-likeness (QED) is 0.143. The zero-order valence-electron chi connectivity index (χ0n) is 18.6. The summed E-state index contributed by atoms with van der Waals surface area (Å²) in [4.78, 5) is -1.98. The van der Waals surface area contributed by atoms with Crippen LogP contribution < -0.4 is 11.5 Å². The molecule has 0 aliphatic heterocycles. The maximum atomic E-state index is 11.3. The van der Waals surface area contributed by atoms with Gasteiger partial charge < -0.3 is 11.5 Å². The minimum absolute atomic E-state index is 0.0855. The molecule has 0 radical (unpaired) electrons. The van der Waals surface area contributed by atoms with E-state index in [9.17, 15) is 33.7 Å². The van der Waals surface area contributed by atoms with E-state index in [1.807, 2.05) is 0 Å². The number of fused-ring (bicyclic) bond motifs is 2. The van der Waals surface area contributed by atoms with E-state index in [1.54, 1.807) is 0 Å². The zero-order valence-corrected chi connectivity index (χ0v) is 21.9. The Balaban J connectivity index is 0.000000211. The summed E-state index contributed by atoms with van der Waals surface area (Å²) in [5, 5.41) is 0.945. The molecular weight excluding hydrogens is 588 g/mol. The molecule has 0 aliphatic rings. The second-order valence-corrected chi connectivity index (χ2v) is 13.3. The Kier molecular flexibility index (Phi) is 7.49. The van der Waals surface area contributed by atoms with Crippen LogP contribution in [0.5, 0.6) is 0 Å². The lowest BCUT2D eigenvalue weighted by molar-refractivity contribution is 0.480. The SMILES string of the molecule is Nc1cc2ccc(S(=O)(=O)O)cc2cc1S(=O)(=O)O.Nc1ccc2ccc(S(=O)(=O)O)cc2c1S(=O)(=O)O. The summed E-state index contributed by atoms with van der Waals surface area (Å²) in [5.74, 6) is 0. The number of nitrogens with two attached hydrogens (primary N) is 2. The van der Waals surface area contributed by atoms with Gasteiger partial charge in [0, 0.05) is 5.39 Å². The molecule has 0 saturated carbocycles. The molecule has 0 spiro atoms.